The maximum Gasteiger partial charge on any atom is 0.251 e. The summed E-state index contributed by atoms with van der Waals surface area (Å²) in [6.45, 7) is 1.49. The van der Waals surface area contributed by atoms with E-state index < -0.39 is 0 Å². The highest BCUT2D eigenvalue weighted by atomic mass is 35.5. The van der Waals surface area contributed by atoms with Gasteiger partial charge in [0.05, 0.1) is 12.1 Å². The Morgan fingerprint density at radius 3 is 2.76 bits per heavy atom. The first-order valence-electron chi connectivity index (χ1n) is 9.24. The maximum absolute atomic E-state index is 12.5. The van der Waals surface area contributed by atoms with Crippen molar-refractivity contribution in [1.82, 2.24) is 19.7 Å². The Kier molecular flexibility index (Phi) is 5.44. The zero-order valence-corrected chi connectivity index (χ0v) is 16.3. The van der Waals surface area contributed by atoms with E-state index in [4.69, 9.17) is 11.6 Å². The van der Waals surface area contributed by atoms with Crippen molar-refractivity contribution in [3.05, 3.63) is 99.6 Å². The molecule has 2 aromatic heterocycles. The topological polar surface area (TPSA) is 68.9 Å². The fourth-order valence-corrected chi connectivity index (χ4v) is 3.32. The number of hydrogen-bond donors (Lipinski definition) is 1. The minimum atomic E-state index is -0.169. The summed E-state index contributed by atoms with van der Waals surface area (Å²) >= 11 is 5.98. The summed E-state index contributed by atoms with van der Waals surface area (Å²) in [5.41, 5.74) is 2.18. The molecule has 4 rings (SSSR count). The first-order valence-corrected chi connectivity index (χ1v) is 9.62. The fourth-order valence-electron chi connectivity index (χ4n) is 3.11. The van der Waals surface area contributed by atoms with E-state index in [9.17, 15) is 9.59 Å². The summed E-state index contributed by atoms with van der Waals surface area (Å²) in [7, 11) is 0. The largest absolute Gasteiger partial charge is 0.348 e. The lowest BCUT2D eigenvalue weighted by Crippen LogP contribution is -2.22. The highest BCUT2D eigenvalue weighted by molar-refractivity contribution is 6.30. The smallest absolute Gasteiger partial charge is 0.251 e. The number of aryl methyl sites for hydroxylation is 2. The van der Waals surface area contributed by atoms with Crippen LogP contribution < -0.4 is 10.9 Å². The lowest BCUT2D eigenvalue weighted by Gasteiger charge is -2.06. The number of nitrogens with one attached hydrogen (secondary N) is 1. The summed E-state index contributed by atoms with van der Waals surface area (Å²) in [5, 5.41) is 9.01. The number of pyridine rings is 1. The van der Waals surface area contributed by atoms with Crippen LogP contribution in [0.2, 0.25) is 5.02 Å². The first kappa shape index (κ1) is 19.0. The Morgan fingerprint density at radius 1 is 1.03 bits per heavy atom. The van der Waals surface area contributed by atoms with Gasteiger partial charge in [0.15, 0.2) is 0 Å². The number of fused-ring (bicyclic) bond motifs is 1. The summed E-state index contributed by atoms with van der Waals surface area (Å²) < 4.78 is 3.43. The van der Waals surface area contributed by atoms with E-state index in [-0.39, 0.29) is 11.5 Å². The molecule has 6 nitrogen and oxygen atoms in total. The third-order valence-electron chi connectivity index (χ3n) is 4.63. The molecule has 2 heterocycles. The number of halogens is 1. The molecule has 0 aliphatic heterocycles. The van der Waals surface area contributed by atoms with Crippen LogP contribution in [0.1, 0.15) is 15.9 Å². The van der Waals surface area contributed by atoms with Gasteiger partial charge in [0.2, 0.25) is 0 Å². The van der Waals surface area contributed by atoms with Crippen molar-refractivity contribution >= 4 is 28.4 Å². The van der Waals surface area contributed by atoms with Crippen molar-refractivity contribution in [2.45, 2.75) is 19.6 Å². The minimum absolute atomic E-state index is 0.0390. The zero-order valence-electron chi connectivity index (χ0n) is 15.6. The fraction of sp³-hybridized carbons (Fsp3) is 0.136. The van der Waals surface area contributed by atoms with Crippen LogP contribution >= 0.6 is 11.6 Å². The molecule has 0 saturated carbocycles. The molecule has 0 bridgehead atoms. The van der Waals surface area contributed by atoms with Crippen LogP contribution in [-0.4, -0.2) is 20.3 Å². The molecule has 0 aliphatic rings. The number of carbonyl (C=O) groups is 1. The maximum atomic E-state index is 12.5. The van der Waals surface area contributed by atoms with Crippen molar-refractivity contribution in [1.29, 1.82) is 0 Å². The number of aromatic nitrogens is 3. The quantitative estimate of drug-likeness (QED) is 0.533. The van der Waals surface area contributed by atoms with Gasteiger partial charge in [-0.1, -0.05) is 35.9 Å². The van der Waals surface area contributed by atoms with E-state index >= 15 is 0 Å². The van der Waals surface area contributed by atoms with Gasteiger partial charge in [0.25, 0.3) is 11.5 Å². The van der Waals surface area contributed by atoms with Gasteiger partial charge in [-0.3, -0.25) is 14.3 Å². The molecule has 2 aromatic carbocycles. The molecule has 0 aliphatic carbocycles. The van der Waals surface area contributed by atoms with E-state index in [1.54, 1.807) is 39.7 Å². The van der Waals surface area contributed by atoms with Gasteiger partial charge in [-0.05, 0) is 35.9 Å². The zero-order chi connectivity index (χ0) is 20.2. The molecule has 4 aromatic rings. The number of rotatable bonds is 6. The van der Waals surface area contributed by atoms with Gasteiger partial charge in [-0.25, -0.2) is 0 Å². The van der Waals surface area contributed by atoms with Gasteiger partial charge in [0.1, 0.15) is 0 Å². The van der Waals surface area contributed by atoms with E-state index in [2.05, 4.69) is 10.4 Å². The molecule has 1 N–H and O–H groups in total. The normalized spacial score (nSPS) is 10.9. The Labute approximate surface area is 172 Å². The van der Waals surface area contributed by atoms with Gasteiger partial charge >= 0.3 is 0 Å². The predicted octanol–water partition coefficient (Wildman–Crippen LogP) is 3.48. The van der Waals surface area contributed by atoms with Crippen LogP contribution in [0.15, 0.2) is 77.9 Å². The van der Waals surface area contributed by atoms with E-state index in [0.717, 1.165) is 16.5 Å². The molecule has 29 heavy (non-hydrogen) atoms. The number of benzene rings is 2. The summed E-state index contributed by atoms with van der Waals surface area (Å²) in [6, 6.07) is 17.9. The number of amides is 1. The Morgan fingerprint density at radius 2 is 1.93 bits per heavy atom. The highest BCUT2D eigenvalue weighted by Crippen LogP contribution is 2.15. The highest BCUT2D eigenvalue weighted by Gasteiger charge is 2.09. The second kappa shape index (κ2) is 8.32. The molecule has 0 unspecified atom stereocenters. The van der Waals surface area contributed by atoms with Gasteiger partial charge in [0, 0.05) is 47.5 Å². The van der Waals surface area contributed by atoms with Gasteiger partial charge < -0.3 is 9.88 Å². The second-order valence-corrected chi connectivity index (χ2v) is 7.15. The van der Waals surface area contributed by atoms with Crippen molar-refractivity contribution in [3.63, 3.8) is 0 Å². The Bertz CT molecular complexity index is 1230. The molecule has 7 heteroatoms. The average molecular weight is 407 g/mol. The first-order chi connectivity index (χ1) is 14.1. The summed E-state index contributed by atoms with van der Waals surface area (Å²) in [5.74, 6) is -0.169. The Balaban J connectivity index is 1.44. The molecule has 0 fully saturated rings. The van der Waals surface area contributed by atoms with Crippen molar-refractivity contribution in [2.75, 3.05) is 0 Å². The molecule has 1 amide bonds. The standard InChI is InChI=1S/C22H19ClN4O2/c23-19-5-3-4-16(12-19)14-24-22(29)17-7-8-18-15-27(25-20(18)13-17)11-10-26-9-2-1-6-21(26)28/h1-9,12-13,15H,10-11,14H2,(H,24,29). The van der Waals surface area contributed by atoms with Crippen LogP contribution in [0.25, 0.3) is 10.9 Å². The van der Waals surface area contributed by atoms with Crippen molar-refractivity contribution in [2.24, 2.45) is 0 Å². The molecule has 146 valence electrons. The van der Waals surface area contributed by atoms with E-state index in [0.29, 0.717) is 30.2 Å². The van der Waals surface area contributed by atoms with Crippen molar-refractivity contribution in [3.8, 4) is 0 Å². The Hall–Kier alpha value is -3.38. The van der Waals surface area contributed by atoms with E-state index in [1.165, 1.54) is 6.07 Å². The SMILES string of the molecule is O=C(NCc1cccc(Cl)c1)c1ccc2cn(CCn3ccccc3=O)nc2c1. The monoisotopic (exact) mass is 406 g/mol. The minimum Gasteiger partial charge on any atom is -0.348 e. The lowest BCUT2D eigenvalue weighted by atomic mass is 10.1. The number of carbonyl (C=O) groups excluding carboxylic acids is 1. The van der Waals surface area contributed by atoms with Crippen molar-refractivity contribution < 1.29 is 4.79 Å². The van der Waals surface area contributed by atoms with Crippen LogP contribution in [0.4, 0.5) is 0 Å². The van der Waals surface area contributed by atoms with E-state index in [1.807, 2.05) is 36.5 Å². The van der Waals surface area contributed by atoms with Crippen LogP contribution in [0.5, 0.6) is 0 Å². The second-order valence-electron chi connectivity index (χ2n) is 6.71. The van der Waals surface area contributed by atoms with Gasteiger partial charge in [-0.2, -0.15) is 5.10 Å². The summed E-state index contributed by atoms with van der Waals surface area (Å²) in [6.07, 6.45) is 3.67. The van der Waals surface area contributed by atoms with Gasteiger partial charge in [-0.15, -0.1) is 0 Å². The van der Waals surface area contributed by atoms with Crippen LogP contribution in [0.3, 0.4) is 0 Å². The third-order valence-corrected chi connectivity index (χ3v) is 4.86. The number of hydrogen-bond acceptors (Lipinski definition) is 3. The molecular weight excluding hydrogens is 388 g/mol. The average Bonchev–Trinajstić information content (AvgIpc) is 3.13. The van der Waals surface area contributed by atoms with Crippen LogP contribution in [0, 0.1) is 0 Å². The molecular formula is C22H19ClN4O2. The van der Waals surface area contributed by atoms with Crippen LogP contribution in [-0.2, 0) is 19.6 Å². The number of nitrogens with zero attached hydrogens (tertiary/aromatic N) is 3. The lowest BCUT2D eigenvalue weighted by molar-refractivity contribution is 0.0951. The predicted molar refractivity (Wildman–Crippen MR) is 113 cm³/mol. The summed E-state index contributed by atoms with van der Waals surface area (Å²) in [4.78, 5) is 24.3. The molecule has 0 atom stereocenters. The molecule has 0 spiro atoms. The molecule has 0 saturated heterocycles. The molecule has 0 radical (unpaired) electrons. The third kappa shape index (κ3) is 4.55.